The molecule has 0 spiro atoms. The van der Waals surface area contributed by atoms with E-state index in [4.69, 9.17) is 9.47 Å². The second-order valence-corrected chi connectivity index (χ2v) is 5.95. The first kappa shape index (κ1) is 15.4. The first-order valence-corrected chi connectivity index (χ1v) is 7.78. The first-order valence-electron chi connectivity index (χ1n) is 6.84. The van der Waals surface area contributed by atoms with Crippen LogP contribution < -0.4 is 5.32 Å². The van der Waals surface area contributed by atoms with Gasteiger partial charge in [0.15, 0.2) is 0 Å². The fourth-order valence-electron chi connectivity index (χ4n) is 2.07. The SMILES string of the molecule is CN(C)CCO[C@@H]1COCC[C@H]1NC(=O)c1ccsc1. The first-order chi connectivity index (χ1) is 9.66. The van der Waals surface area contributed by atoms with Crippen molar-refractivity contribution in [1.29, 1.82) is 0 Å². The Kier molecular flexibility index (Phi) is 5.97. The highest BCUT2D eigenvalue weighted by molar-refractivity contribution is 7.08. The number of hydrogen-bond acceptors (Lipinski definition) is 5. The van der Waals surface area contributed by atoms with Crippen LogP contribution in [0.5, 0.6) is 0 Å². The molecule has 1 amide bonds. The molecule has 2 atom stereocenters. The van der Waals surface area contributed by atoms with Gasteiger partial charge >= 0.3 is 0 Å². The monoisotopic (exact) mass is 298 g/mol. The zero-order valence-corrected chi connectivity index (χ0v) is 12.8. The van der Waals surface area contributed by atoms with Gasteiger partial charge in [-0.05, 0) is 32.0 Å². The molecule has 5 nitrogen and oxygen atoms in total. The average Bonchev–Trinajstić information content (AvgIpc) is 2.94. The fourth-order valence-corrected chi connectivity index (χ4v) is 2.71. The van der Waals surface area contributed by atoms with Crippen molar-refractivity contribution in [2.75, 3.05) is 40.5 Å². The van der Waals surface area contributed by atoms with Crippen LogP contribution in [0.1, 0.15) is 16.8 Å². The summed E-state index contributed by atoms with van der Waals surface area (Å²) in [5.41, 5.74) is 0.716. The topological polar surface area (TPSA) is 50.8 Å². The Hall–Kier alpha value is -0.950. The van der Waals surface area contributed by atoms with Crippen LogP contribution in [0.2, 0.25) is 0 Å². The lowest BCUT2D eigenvalue weighted by Gasteiger charge is -2.32. The molecule has 1 aliphatic heterocycles. The third-order valence-electron chi connectivity index (χ3n) is 3.27. The third-order valence-corrected chi connectivity index (χ3v) is 3.96. The molecule has 0 saturated carbocycles. The molecule has 1 aliphatic rings. The lowest BCUT2D eigenvalue weighted by Crippen LogP contribution is -2.50. The highest BCUT2D eigenvalue weighted by Gasteiger charge is 2.28. The van der Waals surface area contributed by atoms with E-state index >= 15 is 0 Å². The van der Waals surface area contributed by atoms with Gasteiger partial charge in [0, 0.05) is 24.1 Å². The van der Waals surface area contributed by atoms with Gasteiger partial charge in [-0.25, -0.2) is 0 Å². The largest absolute Gasteiger partial charge is 0.379 e. The Morgan fingerprint density at radius 2 is 2.45 bits per heavy atom. The van der Waals surface area contributed by atoms with Crippen LogP contribution in [0.25, 0.3) is 0 Å². The second kappa shape index (κ2) is 7.73. The van der Waals surface area contributed by atoms with Crippen molar-refractivity contribution in [2.45, 2.75) is 18.6 Å². The van der Waals surface area contributed by atoms with E-state index in [-0.39, 0.29) is 18.1 Å². The zero-order valence-electron chi connectivity index (χ0n) is 12.0. The van der Waals surface area contributed by atoms with Crippen LogP contribution in [-0.2, 0) is 9.47 Å². The van der Waals surface area contributed by atoms with Crippen molar-refractivity contribution in [3.05, 3.63) is 22.4 Å². The molecule has 0 aliphatic carbocycles. The maximum absolute atomic E-state index is 12.1. The van der Waals surface area contributed by atoms with Gasteiger partial charge in [-0.1, -0.05) is 0 Å². The number of thiophene rings is 1. The van der Waals surface area contributed by atoms with E-state index < -0.39 is 0 Å². The number of hydrogen-bond donors (Lipinski definition) is 1. The van der Waals surface area contributed by atoms with Crippen LogP contribution in [0.3, 0.4) is 0 Å². The number of carbonyl (C=O) groups is 1. The van der Waals surface area contributed by atoms with Crippen LogP contribution in [0.15, 0.2) is 16.8 Å². The van der Waals surface area contributed by atoms with Gasteiger partial charge in [-0.3, -0.25) is 4.79 Å². The molecule has 1 aromatic rings. The smallest absolute Gasteiger partial charge is 0.252 e. The highest BCUT2D eigenvalue weighted by atomic mass is 32.1. The molecule has 0 aromatic carbocycles. The number of amides is 1. The van der Waals surface area contributed by atoms with Crippen molar-refractivity contribution in [2.24, 2.45) is 0 Å². The zero-order chi connectivity index (χ0) is 14.4. The van der Waals surface area contributed by atoms with E-state index in [1.807, 2.05) is 30.9 Å². The summed E-state index contributed by atoms with van der Waals surface area (Å²) in [7, 11) is 4.02. The van der Waals surface area contributed by atoms with Gasteiger partial charge in [0.25, 0.3) is 5.91 Å². The molecule has 2 heterocycles. The van der Waals surface area contributed by atoms with E-state index in [0.29, 0.717) is 25.4 Å². The normalized spacial score (nSPS) is 22.9. The Labute approximate surface area is 123 Å². The molecule has 1 fully saturated rings. The lowest BCUT2D eigenvalue weighted by atomic mass is 10.1. The van der Waals surface area contributed by atoms with Crippen LogP contribution in [0, 0.1) is 0 Å². The molecular formula is C14H22N2O3S. The second-order valence-electron chi connectivity index (χ2n) is 5.17. The third kappa shape index (κ3) is 4.56. The molecular weight excluding hydrogens is 276 g/mol. The Morgan fingerprint density at radius 3 is 3.15 bits per heavy atom. The van der Waals surface area contributed by atoms with Gasteiger partial charge < -0.3 is 19.7 Å². The number of likely N-dealkylation sites (N-methyl/N-ethyl adjacent to an activating group) is 1. The van der Waals surface area contributed by atoms with Crippen molar-refractivity contribution in [3.8, 4) is 0 Å². The molecule has 6 heteroatoms. The molecule has 1 saturated heterocycles. The maximum Gasteiger partial charge on any atom is 0.252 e. The van der Waals surface area contributed by atoms with Crippen molar-refractivity contribution >= 4 is 17.2 Å². The molecule has 0 bridgehead atoms. The van der Waals surface area contributed by atoms with Gasteiger partial charge in [-0.2, -0.15) is 11.3 Å². The standard InChI is InChI=1S/C14H22N2O3S/c1-16(2)5-7-19-13-9-18-6-3-12(13)15-14(17)11-4-8-20-10-11/h4,8,10,12-13H,3,5-7,9H2,1-2H3,(H,15,17)/t12-,13-/m1/s1. The van der Waals surface area contributed by atoms with Gasteiger partial charge in [0.2, 0.25) is 0 Å². The summed E-state index contributed by atoms with van der Waals surface area (Å²) in [6.45, 7) is 2.72. The Balaban J connectivity index is 1.85. The summed E-state index contributed by atoms with van der Waals surface area (Å²) in [5.74, 6) is -0.0284. The highest BCUT2D eigenvalue weighted by Crippen LogP contribution is 2.13. The predicted molar refractivity (Wildman–Crippen MR) is 79.3 cm³/mol. The van der Waals surface area contributed by atoms with Crippen molar-refractivity contribution < 1.29 is 14.3 Å². The average molecular weight is 298 g/mol. The van der Waals surface area contributed by atoms with Crippen molar-refractivity contribution in [1.82, 2.24) is 10.2 Å². The predicted octanol–water partition coefficient (Wildman–Crippen LogP) is 1.21. The molecule has 2 rings (SSSR count). The Morgan fingerprint density at radius 1 is 1.60 bits per heavy atom. The minimum atomic E-state index is -0.0636. The van der Waals surface area contributed by atoms with Gasteiger partial charge in [-0.15, -0.1) is 0 Å². The van der Waals surface area contributed by atoms with Gasteiger partial charge in [0.05, 0.1) is 19.3 Å². The van der Waals surface area contributed by atoms with E-state index in [1.54, 1.807) is 0 Å². The fraction of sp³-hybridized carbons (Fsp3) is 0.643. The quantitative estimate of drug-likeness (QED) is 0.858. The van der Waals surface area contributed by atoms with Crippen LogP contribution in [-0.4, -0.2) is 63.4 Å². The minimum absolute atomic E-state index is 0.0262. The molecule has 1 N–H and O–H groups in total. The van der Waals surface area contributed by atoms with E-state index in [1.165, 1.54) is 11.3 Å². The molecule has 20 heavy (non-hydrogen) atoms. The summed E-state index contributed by atoms with van der Waals surface area (Å²) in [5, 5.41) is 6.82. The summed E-state index contributed by atoms with van der Waals surface area (Å²) >= 11 is 1.53. The lowest BCUT2D eigenvalue weighted by molar-refractivity contribution is -0.0690. The van der Waals surface area contributed by atoms with E-state index in [0.717, 1.165) is 13.0 Å². The summed E-state index contributed by atoms with van der Waals surface area (Å²) in [6.07, 6.45) is 0.731. The van der Waals surface area contributed by atoms with Crippen LogP contribution in [0.4, 0.5) is 0 Å². The van der Waals surface area contributed by atoms with Crippen LogP contribution >= 0.6 is 11.3 Å². The van der Waals surface area contributed by atoms with E-state index in [9.17, 15) is 4.79 Å². The Bertz CT molecular complexity index is 409. The number of ether oxygens (including phenoxy) is 2. The molecule has 0 unspecified atom stereocenters. The summed E-state index contributed by atoms with van der Waals surface area (Å²) < 4.78 is 11.3. The molecule has 112 valence electrons. The minimum Gasteiger partial charge on any atom is -0.379 e. The molecule has 1 aromatic heterocycles. The van der Waals surface area contributed by atoms with Gasteiger partial charge in [0.1, 0.15) is 6.10 Å². The molecule has 0 radical (unpaired) electrons. The number of carbonyl (C=O) groups excluding carboxylic acids is 1. The van der Waals surface area contributed by atoms with Crippen molar-refractivity contribution in [3.63, 3.8) is 0 Å². The number of rotatable bonds is 6. The number of nitrogens with zero attached hydrogens (tertiary/aromatic N) is 1. The van der Waals surface area contributed by atoms with E-state index in [2.05, 4.69) is 10.2 Å². The summed E-state index contributed by atoms with van der Waals surface area (Å²) in [4.78, 5) is 14.2. The summed E-state index contributed by atoms with van der Waals surface area (Å²) in [6, 6.07) is 1.86. The maximum atomic E-state index is 12.1. The number of nitrogens with one attached hydrogen (secondary N) is 1.